The van der Waals surface area contributed by atoms with Gasteiger partial charge in [0.05, 0.1) is 0 Å². The van der Waals surface area contributed by atoms with E-state index in [0.29, 0.717) is 11.8 Å². The molecule has 4 rings (SSSR count). The van der Waals surface area contributed by atoms with Crippen LogP contribution in [0.25, 0.3) is 34.0 Å². The van der Waals surface area contributed by atoms with E-state index in [1.165, 1.54) is 29.5 Å². The number of aromatic nitrogens is 2. The number of nitrogens with zero attached hydrogens (tertiary/aromatic N) is 2. The summed E-state index contributed by atoms with van der Waals surface area (Å²) < 4.78 is 5.90. The molecular weight excluding hydrogens is 332 g/mol. The van der Waals surface area contributed by atoms with Gasteiger partial charge in [-0.1, -0.05) is 67.9 Å². The van der Waals surface area contributed by atoms with Crippen LogP contribution < -0.4 is 0 Å². The van der Waals surface area contributed by atoms with Gasteiger partial charge in [0, 0.05) is 11.1 Å². The van der Waals surface area contributed by atoms with E-state index in [0.717, 1.165) is 17.5 Å². The molecule has 0 aliphatic carbocycles. The Bertz CT molecular complexity index is 987. The third-order valence-electron chi connectivity index (χ3n) is 4.68. The molecule has 0 saturated heterocycles. The summed E-state index contributed by atoms with van der Waals surface area (Å²) in [7, 11) is 0. The average Bonchev–Trinajstić information content (AvgIpc) is 3.24. The van der Waals surface area contributed by atoms with Gasteiger partial charge in [0.1, 0.15) is 0 Å². The first-order valence-electron chi connectivity index (χ1n) is 9.42. The highest BCUT2D eigenvalue weighted by Gasteiger charge is 2.10. The second kappa shape index (κ2) is 8.00. The molecule has 0 amide bonds. The van der Waals surface area contributed by atoms with Crippen molar-refractivity contribution >= 4 is 0 Å². The molecular formula is C24H22N2O. The van der Waals surface area contributed by atoms with Crippen molar-refractivity contribution in [3.8, 4) is 34.0 Å². The van der Waals surface area contributed by atoms with Crippen LogP contribution in [0.3, 0.4) is 0 Å². The van der Waals surface area contributed by atoms with Crippen molar-refractivity contribution < 1.29 is 4.42 Å². The summed E-state index contributed by atoms with van der Waals surface area (Å²) in [5.41, 5.74) is 5.58. The number of aryl methyl sites for hydroxylation is 1. The van der Waals surface area contributed by atoms with Crippen molar-refractivity contribution in [3.63, 3.8) is 0 Å². The number of benzene rings is 3. The van der Waals surface area contributed by atoms with E-state index in [1.807, 2.05) is 30.3 Å². The molecule has 1 heterocycles. The Kier molecular flexibility index (Phi) is 5.10. The van der Waals surface area contributed by atoms with E-state index in [9.17, 15) is 0 Å². The normalized spacial score (nSPS) is 10.9. The molecule has 134 valence electrons. The minimum Gasteiger partial charge on any atom is -0.416 e. The predicted octanol–water partition coefficient (Wildman–Crippen LogP) is 6.41. The van der Waals surface area contributed by atoms with Gasteiger partial charge in [-0.2, -0.15) is 0 Å². The lowest BCUT2D eigenvalue weighted by Gasteiger charge is -2.02. The maximum Gasteiger partial charge on any atom is 0.248 e. The Morgan fingerprint density at radius 3 is 1.74 bits per heavy atom. The van der Waals surface area contributed by atoms with Crippen molar-refractivity contribution in [3.05, 3.63) is 84.4 Å². The lowest BCUT2D eigenvalue weighted by molar-refractivity contribution is 0.584. The molecule has 1 aromatic heterocycles. The number of hydrogen-bond donors (Lipinski definition) is 0. The fraction of sp³-hybridized carbons (Fsp3) is 0.167. The minimum absolute atomic E-state index is 0.541. The van der Waals surface area contributed by atoms with Gasteiger partial charge in [-0.05, 0) is 53.8 Å². The summed E-state index contributed by atoms with van der Waals surface area (Å²) in [6.07, 6.45) is 3.53. The fourth-order valence-electron chi connectivity index (χ4n) is 3.09. The highest BCUT2D eigenvalue weighted by molar-refractivity contribution is 5.67. The summed E-state index contributed by atoms with van der Waals surface area (Å²) in [6.45, 7) is 2.21. The van der Waals surface area contributed by atoms with Crippen molar-refractivity contribution in [2.75, 3.05) is 0 Å². The Balaban J connectivity index is 1.52. The van der Waals surface area contributed by atoms with Gasteiger partial charge < -0.3 is 4.42 Å². The Morgan fingerprint density at radius 1 is 0.630 bits per heavy atom. The van der Waals surface area contributed by atoms with Crippen LogP contribution >= 0.6 is 0 Å². The van der Waals surface area contributed by atoms with Gasteiger partial charge in [0.2, 0.25) is 11.8 Å². The molecule has 0 aliphatic rings. The zero-order chi connectivity index (χ0) is 18.5. The lowest BCUT2D eigenvalue weighted by atomic mass is 10.0. The highest BCUT2D eigenvalue weighted by Crippen LogP contribution is 2.27. The maximum atomic E-state index is 5.90. The lowest BCUT2D eigenvalue weighted by Crippen LogP contribution is -1.85. The molecule has 0 radical (unpaired) electrons. The van der Waals surface area contributed by atoms with Crippen molar-refractivity contribution in [2.45, 2.75) is 26.2 Å². The van der Waals surface area contributed by atoms with Crippen LogP contribution in [0.15, 0.2) is 83.3 Å². The van der Waals surface area contributed by atoms with Gasteiger partial charge in [0.15, 0.2) is 0 Å². The second-order valence-electron chi connectivity index (χ2n) is 6.66. The Labute approximate surface area is 159 Å². The molecule has 0 aliphatic heterocycles. The Hall–Kier alpha value is -3.20. The molecule has 0 bridgehead atoms. The van der Waals surface area contributed by atoms with Crippen molar-refractivity contribution in [1.82, 2.24) is 10.2 Å². The van der Waals surface area contributed by atoms with E-state index in [1.54, 1.807) is 0 Å². The van der Waals surface area contributed by atoms with Crippen LogP contribution in [0.4, 0.5) is 0 Å². The van der Waals surface area contributed by atoms with Crippen LogP contribution in [-0.4, -0.2) is 10.2 Å². The second-order valence-corrected chi connectivity index (χ2v) is 6.66. The highest BCUT2D eigenvalue weighted by atomic mass is 16.4. The molecule has 3 nitrogen and oxygen atoms in total. The zero-order valence-corrected chi connectivity index (χ0v) is 15.4. The summed E-state index contributed by atoms with van der Waals surface area (Å²) >= 11 is 0. The third-order valence-corrected chi connectivity index (χ3v) is 4.68. The first kappa shape index (κ1) is 17.2. The van der Waals surface area contributed by atoms with Crippen LogP contribution in [0, 0.1) is 0 Å². The third kappa shape index (κ3) is 3.98. The van der Waals surface area contributed by atoms with Crippen LogP contribution in [0.1, 0.15) is 25.3 Å². The topological polar surface area (TPSA) is 38.9 Å². The number of unbranched alkanes of at least 4 members (excludes halogenated alkanes) is 1. The molecule has 4 aromatic rings. The van der Waals surface area contributed by atoms with E-state index in [2.05, 4.69) is 65.7 Å². The van der Waals surface area contributed by atoms with Gasteiger partial charge in [-0.15, -0.1) is 10.2 Å². The molecule has 27 heavy (non-hydrogen) atoms. The molecule has 3 aromatic carbocycles. The minimum atomic E-state index is 0.541. The standard InChI is InChI=1S/C24H22N2O/c1-2-3-7-18-10-12-21(13-11-18)23-25-26-24(27-23)22-16-14-20(15-17-22)19-8-5-4-6-9-19/h4-6,8-17H,2-3,7H2,1H3. The molecule has 0 fully saturated rings. The van der Waals surface area contributed by atoms with E-state index < -0.39 is 0 Å². The van der Waals surface area contributed by atoms with Crippen molar-refractivity contribution in [2.24, 2.45) is 0 Å². The van der Waals surface area contributed by atoms with Gasteiger partial charge >= 0.3 is 0 Å². The van der Waals surface area contributed by atoms with Gasteiger partial charge in [0.25, 0.3) is 0 Å². The van der Waals surface area contributed by atoms with Gasteiger partial charge in [-0.25, -0.2) is 0 Å². The van der Waals surface area contributed by atoms with E-state index >= 15 is 0 Å². The van der Waals surface area contributed by atoms with Crippen LogP contribution in [-0.2, 0) is 6.42 Å². The maximum absolute atomic E-state index is 5.90. The Morgan fingerprint density at radius 2 is 1.15 bits per heavy atom. The zero-order valence-electron chi connectivity index (χ0n) is 15.4. The molecule has 0 spiro atoms. The first-order chi connectivity index (χ1) is 13.3. The van der Waals surface area contributed by atoms with E-state index in [4.69, 9.17) is 4.42 Å². The summed E-state index contributed by atoms with van der Waals surface area (Å²) in [5, 5.41) is 8.44. The smallest absolute Gasteiger partial charge is 0.248 e. The number of hydrogen-bond acceptors (Lipinski definition) is 3. The van der Waals surface area contributed by atoms with Gasteiger partial charge in [-0.3, -0.25) is 0 Å². The quantitative estimate of drug-likeness (QED) is 0.401. The summed E-state index contributed by atoms with van der Waals surface area (Å²) in [6, 6.07) is 26.9. The molecule has 3 heteroatoms. The monoisotopic (exact) mass is 354 g/mol. The first-order valence-corrected chi connectivity index (χ1v) is 9.42. The van der Waals surface area contributed by atoms with Crippen LogP contribution in [0.2, 0.25) is 0 Å². The van der Waals surface area contributed by atoms with E-state index in [-0.39, 0.29) is 0 Å². The summed E-state index contributed by atoms with van der Waals surface area (Å²) in [4.78, 5) is 0. The summed E-state index contributed by atoms with van der Waals surface area (Å²) in [5.74, 6) is 1.10. The fourth-order valence-corrected chi connectivity index (χ4v) is 3.09. The molecule has 0 saturated carbocycles. The molecule has 0 atom stereocenters. The number of rotatable bonds is 6. The molecule has 0 unspecified atom stereocenters. The van der Waals surface area contributed by atoms with Crippen LogP contribution in [0.5, 0.6) is 0 Å². The largest absolute Gasteiger partial charge is 0.416 e. The SMILES string of the molecule is CCCCc1ccc(-c2nnc(-c3ccc(-c4ccccc4)cc3)o2)cc1. The average molecular weight is 354 g/mol. The van der Waals surface area contributed by atoms with Crippen molar-refractivity contribution in [1.29, 1.82) is 0 Å². The predicted molar refractivity (Wildman–Crippen MR) is 109 cm³/mol. The molecule has 0 N–H and O–H groups in total.